The number of rotatable bonds is 10. The van der Waals surface area contributed by atoms with Crippen molar-refractivity contribution in [1.29, 1.82) is 0 Å². The number of hydrogen-bond donors (Lipinski definition) is 1. The zero-order valence-electron chi connectivity index (χ0n) is 26.0. The predicted octanol–water partition coefficient (Wildman–Crippen LogP) is 4.13. The van der Waals surface area contributed by atoms with Gasteiger partial charge in [0.05, 0.1) is 18.1 Å². The van der Waals surface area contributed by atoms with E-state index in [4.69, 9.17) is 18.6 Å². The van der Waals surface area contributed by atoms with Gasteiger partial charge in [0.2, 0.25) is 11.9 Å². The van der Waals surface area contributed by atoms with Gasteiger partial charge in [-0.05, 0) is 37.0 Å². The molecule has 236 valence electrons. The third kappa shape index (κ3) is 7.27. The van der Waals surface area contributed by atoms with Gasteiger partial charge in [-0.1, -0.05) is 58.7 Å². The molecule has 13 heteroatoms. The maximum atomic E-state index is 13.7. The van der Waals surface area contributed by atoms with Crippen molar-refractivity contribution in [3.05, 3.63) is 49.2 Å². The Labute approximate surface area is 254 Å². The van der Waals surface area contributed by atoms with Crippen LogP contribution >= 0.6 is 0 Å². The lowest BCUT2D eigenvalue weighted by molar-refractivity contribution is -0.163. The summed E-state index contributed by atoms with van der Waals surface area (Å²) < 4.78 is 22.0. The highest BCUT2D eigenvalue weighted by atomic mass is 28.4. The topological polar surface area (TPSA) is 136 Å². The molecule has 0 bridgehead atoms. The SMILES string of the molecule is C=CCOC(=O)/N=C(/NC(=O)OCC=C)N1CC[C@H]2C(=C(C(=O)OCC=C)N3C(=O)[C@H]([C@@H](C)O[Si](C)(C)C(C)(C)C)[C@@H]23)C1. The Hall–Kier alpha value is -3.71. The van der Waals surface area contributed by atoms with Crippen LogP contribution in [0.5, 0.6) is 0 Å². The minimum Gasteiger partial charge on any atom is -0.457 e. The summed E-state index contributed by atoms with van der Waals surface area (Å²) in [5, 5.41) is 2.45. The molecule has 2 fully saturated rings. The van der Waals surface area contributed by atoms with Gasteiger partial charge >= 0.3 is 18.2 Å². The molecule has 1 N–H and O–H groups in total. The highest BCUT2D eigenvalue weighted by Gasteiger charge is 2.62. The Morgan fingerprint density at radius 3 is 2.28 bits per heavy atom. The fraction of sp³-hybridized carbons (Fsp3) is 0.567. The highest BCUT2D eigenvalue weighted by Crippen LogP contribution is 2.51. The van der Waals surface area contributed by atoms with E-state index >= 15 is 0 Å². The smallest absolute Gasteiger partial charge is 0.437 e. The van der Waals surface area contributed by atoms with Gasteiger partial charge < -0.3 is 28.4 Å². The molecule has 0 spiro atoms. The third-order valence-corrected chi connectivity index (χ3v) is 12.9. The summed E-state index contributed by atoms with van der Waals surface area (Å²) in [5.41, 5.74) is 0.833. The summed E-state index contributed by atoms with van der Waals surface area (Å²) in [7, 11) is -2.18. The molecule has 3 aliphatic heterocycles. The molecule has 3 heterocycles. The number of amides is 3. The van der Waals surface area contributed by atoms with E-state index in [1.54, 1.807) is 4.90 Å². The number of aliphatic imine (C=N–C) groups is 1. The molecular formula is C30H44N4O8Si. The Kier molecular flexibility index (Phi) is 10.8. The first kappa shape index (κ1) is 33.8. The lowest BCUT2D eigenvalue weighted by Crippen LogP contribution is -2.65. The van der Waals surface area contributed by atoms with Crippen LogP contribution < -0.4 is 5.32 Å². The number of esters is 1. The van der Waals surface area contributed by atoms with Crippen LogP contribution in [0.3, 0.4) is 0 Å². The van der Waals surface area contributed by atoms with Crippen molar-refractivity contribution in [1.82, 2.24) is 15.1 Å². The van der Waals surface area contributed by atoms with Crippen LogP contribution in [-0.4, -0.2) is 93.2 Å². The van der Waals surface area contributed by atoms with Crippen molar-refractivity contribution in [2.75, 3.05) is 32.9 Å². The van der Waals surface area contributed by atoms with Crippen LogP contribution in [-0.2, 0) is 28.2 Å². The van der Waals surface area contributed by atoms with Crippen molar-refractivity contribution < 1.29 is 37.8 Å². The minimum atomic E-state index is -2.18. The molecule has 0 radical (unpaired) electrons. The molecule has 3 amide bonds. The summed E-state index contributed by atoms with van der Waals surface area (Å²) in [6.45, 7) is 23.6. The Bertz CT molecular complexity index is 1220. The van der Waals surface area contributed by atoms with E-state index in [2.05, 4.69) is 63.9 Å². The second-order valence-corrected chi connectivity index (χ2v) is 17.0. The molecule has 0 aromatic carbocycles. The van der Waals surface area contributed by atoms with Crippen LogP contribution in [0.15, 0.2) is 54.2 Å². The van der Waals surface area contributed by atoms with Gasteiger partial charge in [0.25, 0.3) is 0 Å². The lowest BCUT2D eigenvalue weighted by Gasteiger charge is -2.51. The Morgan fingerprint density at radius 1 is 1.07 bits per heavy atom. The molecule has 0 unspecified atom stereocenters. The summed E-state index contributed by atoms with van der Waals surface area (Å²) in [4.78, 5) is 58.9. The number of piperidine rings is 1. The van der Waals surface area contributed by atoms with Crippen molar-refractivity contribution in [3.8, 4) is 0 Å². The number of hydrogen-bond acceptors (Lipinski definition) is 8. The van der Waals surface area contributed by atoms with Gasteiger partial charge in [0, 0.05) is 19.0 Å². The van der Waals surface area contributed by atoms with Crippen LogP contribution in [0.2, 0.25) is 18.1 Å². The monoisotopic (exact) mass is 616 g/mol. The fourth-order valence-corrected chi connectivity index (χ4v) is 6.80. The van der Waals surface area contributed by atoms with Gasteiger partial charge in [0.1, 0.15) is 25.5 Å². The summed E-state index contributed by atoms with van der Waals surface area (Å²) in [6, 6.07) is -0.279. The van der Waals surface area contributed by atoms with Crippen molar-refractivity contribution in [3.63, 3.8) is 0 Å². The molecule has 0 aliphatic carbocycles. The molecule has 0 aromatic rings. The highest BCUT2D eigenvalue weighted by molar-refractivity contribution is 6.74. The first-order valence-corrected chi connectivity index (χ1v) is 17.3. The number of β-lactam (4-membered cyclic amide) rings is 1. The number of ether oxygens (including phenoxy) is 3. The first-order valence-electron chi connectivity index (χ1n) is 14.4. The van der Waals surface area contributed by atoms with Gasteiger partial charge in [-0.3, -0.25) is 10.1 Å². The van der Waals surface area contributed by atoms with E-state index in [9.17, 15) is 19.2 Å². The van der Waals surface area contributed by atoms with E-state index in [-0.39, 0.29) is 67.0 Å². The summed E-state index contributed by atoms with van der Waals surface area (Å²) in [6.07, 6.45) is 2.61. The van der Waals surface area contributed by atoms with Crippen molar-refractivity contribution in [2.45, 2.75) is 64.4 Å². The average Bonchev–Trinajstić information content (AvgIpc) is 3.22. The van der Waals surface area contributed by atoms with Crippen molar-refractivity contribution >= 4 is 38.3 Å². The molecule has 3 aliphatic rings. The molecule has 0 saturated carbocycles. The molecule has 4 atom stereocenters. The molecule has 0 aromatic heterocycles. The van der Waals surface area contributed by atoms with Crippen molar-refractivity contribution in [2.24, 2.45) is 16.8 Å². The Morgan fingerprint density at radius 2 is 1.67 bits per heavy atom. The van der Waals surface area contributed by atoms with Gasteiger partial charge in [-0.15, -0.1) is 4.99 Å². The second-order valence-electron chi connectivity index (χ2n) is 12.2. The van der Waals surface area contributed by atoms with E-state index in [1.165, 1.54) is 23.1 Å². The minimum absolute atomic E-state index is 0.0242. The van der Waals surface area contributed by atoms with E-state index in [0.717, 1.165) is 0 Å². The quantitative estimate of drug-likeness (QED) is 0.0731. The summed E-state index contributed by atoms with van der Waals surface area (Å²) >= 11 is 0. The number of carbonyl (C=O) groups excluding carboxylic acids is 4. The molecular weight excluding hydrogens is 572 g/mol. The van der Waals surface area contributed by atoms with E-state index < -0.39 is 32.4 Å². The molecule has 2 saturated heterocycles. The van der Waals surface area contributed by atoms with Crippen LogP contribution in [0.4, 0.5) is 9.59 Å². The lowest BCUT2D eigenvalue weighted by atomic mass is 9.74. The number of fused-ring (bicyclic) bond motifs is 3. The number of alkyl carbamates (subject to hydrolysis) is 1. The largest absolute Gasteiger partial charge is 0.457 e. The van der Waals surface area contributed by atoms with E-state index in [0.29, 0.717) is 18.5 Å². The number of guanidine groups is 1. The van der Waals surface area contributed by atoms with Crippen LogP contribution in [0.25, 0.3) is 0 Å². The number of carbonyl (C=O) groups is 4. The van der Waals surface area contributed by atoms with Crippen LogP contribution in [0.1, 0.15) is 34.1 Å². The first-order chi connectivity index (χ1) is 20.2. The maximum absolute atomic E-state index is 13.7. The zero-order valence-corrected chi connectivity index (χ0v) is 27.0. The maximum Gasteiger partial charge on any atom is 0.437 e. The average molecular weight is 617 g/mol. The summed E-state index contributed by atoms with van der Waals surface area (Å²) in [5.74, 6) is -1.53. The number of likely N-dealkylation sites (tertiary alicyclic amines) is 1. The third-order valence-electron chi connectivity index (χ3n) is 8.35. The van der Waals surface area contributed by atoms with E-state index in [1.807, 2.05) is 6.92 Å². The van der Waals surface area contributed by atoms with Gasteiger partial charge in [0.15, 0.2) is 8.32 Å². The number of nitrogens with one attached hydrogen (secondary N) is 1. The van der Waals surface area contributed by atoms with Gasteiger partial charge in [-0.2, -0.15) is 0 Å². The predicted molar refractivity (Wildman–Crippen MR) is 163 cm³/mol. The molecule has 3 rings (SSSR count). The van der Waals surface area contributed by atoms with Crippen LogP contribution in [0, 0.1) is 11.8 Å². The molecule has 43 heavy (non-hydrogen) atoms. The van der Waals surface area contributed by atoms with Gasteiger partial charge in [-0.25, -0.2) is 14.4 Å². The molecule has 12 nitrogen and oxygen atoms in total. The fourth-order valence-electron chi connectivity index (χ4n) is 5.37. The standard InChI is InChI=1S/C30H44N4O8Si/c1-10-15-39-26(36)24-21-18-33(27(31-28(37)40-16-11-2)32-29(38)41-17-12-3)14-13-20(21)23-22(25(35)34(23)24)19(4)42-43(8,9)30(5,6)7/h10-12,19-20,22-23H,1-3,13-18H2,4-9H3,(H,31,32,37,38)/t19-,20+,22-,23-/m1/s1. The zero-order chi connectivity index (χ0) is 32.1. The normalized spacial score (nSPS) is 22.5. The Balaban J connectivity index is 1.95. The number of nitrogens with zero attached hydrogens (tertiary/aromatic N) is 3. The second kappa shape index (κ2) is 13.7.